The Balaban J connectivity index is 1.93. The average Bonchev–Trinajstić information content (AvgIpc) is 2.69. The van der Waals surface area contributed by atoms with Crippen LogP contribution < -0.4 is 5.32 Å². The number of thioether (sulfide) groups is 1. The maximum Gasteiger partial charge on any atom is 0.151 e. The van der Waals surface area contributed by atoms with Crippen LogP contribution in [-0.4, -0.2) is 38.3 Å². The third-order valence-corrected chi connectivity index (χ3v) is 6.08. The number of rotatable bonds is 5. The van der Waals surface area contributed by atoms with E-state index < -0.39 is 9.84 Å². The van der Waals surface area contributed by atoms with E-state index in [9.17, 15) is 8.42 Å². The van der Waals surface area contributed by atoms with Crippen LogP contribution >= 0.6 is 11.8 Å². The van der Waals surface area contributed by atoms with Gasteiger partial charge in [0.15, 0.2) is 9.84 Å². The summed E-state index contributed by atoms with van der Waals surface area (Å²) in [6.07, 6.45) is 3.77. The van der Waals surface area contributed by atoms with Crippen molar-refractivity contribution in [2.45, 2.75) is 36.7 Å². The first-order chi connectivity index (χ1) is 9.00. The molecule has 1 saturated heterocycles. The smallest absolute Gasteiger partial charge is 0.151 e. The van der Waals surface area contributed by atoms with Gasteiger partial charge in [-0.15, -0.1) is 11.8 Å². The van der Waals surface area contributed by atoms with E-state index in [1.807, 2.05) is 0 Å². The maximum atomic E-state index is 11.4. The molecule has 106 valence electrons. The van der Waals surface area contributed by atoms with Gasteiger partial charge in [-0.2, -0.15) is 0 Å². The van der Waals surface area contributed by atoms with Crippen LogP contribution in [0.1, 0.15) is 18.9 Å². The quantitative estimate of drug-likeness (QED) is 0.846. The largest absolute Gasteiger partial charge is 0.310 e. The van der Waals surface area contributed by atoms with Crippen LogP contribution in [0.4, 0.5) is 0 Å². The zero-order valence-electron chi connectivity index (χ0n) is 11.4. The van der Waals surface area contributed by atoms with Gasteiger partial charge in [0.25, 0.3) is 0 Å². The van der Waals surface area contributed by atoms with E-state index in [0.29, 0.717) is 17.5 Å². The van der Waals surface area contributed by atoms with Gasteiger partial charge < -0.3 is 5.32 Å². The summed E-state index contributed by atoms with van der Waals surface area (Å²) in [6.45, 7) is 2.13. The lowest BCUT2D eigenvalue weighted by atomic mass is 10.1. The van der Waals surface area contributed by atoms with E-state index in [0.717, 1.165) is 12.8 Å². The molecule has 2 atom stereocenters. The Labute approximate surface area is 120 Å². The normalized spacial score (nSPS) is 23.4. The summed E-state index contributed by atoms with van der Waals surface area (Å²) in [5, 5.41) is 3.45. The maximum absolute atomic E-state index is 11.4. The summed E-state index contributed by atoms with van der Waals surface area (Å²) in [7, 11) is -2.79. The minimum Gasteiger partial charge on any atom is -0.310 e. The molecular weight excluding hydrogens is 278 g/mol. The van der Waals surface area contributed by atoms with Gasteiger partial charge in [-0.05, 0) is 37.7 Å². The third-order valence-electron chi connectivity index (χ3n) is 3.47. The third kappa shape index (κ3) is 4.23. The van der Waals surface area contributed by atoms with Gasteiger partial charge in [-0.3, -0.25) is 0 Å². The van der Waals surface area contributed by atoms with E-state index in [-0.39, 0.29) is 6.04 Å². The Hall–Kier alpha value is -0.520. The molecule has 1 aromatic rings. The highest BCUT2D eigenvalue weighted by Crippen LogP contribution is 2.21. The Morgan fingerprint density at radius 2 is 2.16 bits per heavy atom. The van der Waals surface area contributed by atoms with Gasteiger partial charge in [0.05, 0.1) is 11.5 Å². The lowest BCUT2D eigenvalue weighted by Crippen LogP contribution is -2.38. The zero-order chi connectivity index (χ0) is 13.9. The summed E-state index contributed by atoms with van der Waals surface area (Å²) in [5.41, 5.74) is 1.33. The Kier molecular flexibility index (Phi) is 4.92. The molecule has 1 N–H and O–H groups in total. The summed E-state index contributed by atoms with van der Waals surface area (Å²) < 4.78 is 22.9. The molecule has 0 saturated carbocycles. The van der Waals surface area contributed by atoms with Crippen molar-refractivity contribution in [1.82, 2.24) is 5.32 Å². The predicted octanol–water partition coefficient (Wildman–Crippen LogP) is 2.12. The Bertz CT molecular complexity index is 528. The zero-order valence-corrected chi connectivity index (χ0v) is 13.1. The van der Waals surface area contributed by atoms with E-state index in [1.165, 1.54) is 10.5 Å². The molecule has 2 rings (SSSR count). The van der Waals surface area contributed by atoms with Gasteiger partial charge in [0.2, 0.25) is 0 Å². The van der Waals surface area contributed by atoms with Crippen LogP contribution in [0.3, 0.4) is 0 Å². The van der Waals surface area contributed by atoms with Gasteiger partial charge in [0.1, 0.15) is 0 Å². The van der Waals surface area contributed by atoms with Crippen molar-refractivity contribution >= 4 is 21.6 Å². The predicted molar refractivity (Wildman–Crippen MR) is 81.6 cm³/mol. The molecule has 1 fully saturated rings. The van der Waals surface area contributed by atoms with Crippen molar-refractivity contribution in [3.05, 3.63) is 29.8 Å². The number of nitrogens with one attached hydrogen (secondary N) is 1. The molecule has 0 amide bonds. The lowest BCUT2D eigenvalue weighted by molar-refractivity contribution is 0.468. The molecule has 19 heavy (non-hydrogen) atoms. The molecule has 0 bridgehead atoms. The molecule has 1 aliphatic heterocycles. The fraction of sp³-hybridized carbons (Fsp3) is 0.571. The molecule has 0 spiro atoms. The average molecular weight is 299 g/mol. The molecule has 1 aromatic carbocycles. The van der Waals surface area contributed by atoms with Crippen molar-refractivity contribution < 1.29 is 8.42 Å². The second kappa shape index (κ2) is 6.29. The Morgan fingerprint density at radius 1 is 1.42 bits per heavy atom. The van der Waals surface area contributed by atoms with Crippen LogP contribution in [-0.2, 0) is 16.3 Å². The van der Waals surface area contributed by atoms with Crippen LogP contribution in [0, 0.1) is 0 Å². The minimum absolute atomic E-state index is 0.126. The first kappa shape index (κ1) is 14.9. The monoisotopic (exact) mass is 299 g/mol. The highest BCUT2D eigenvalue weighted by Gasteiger charge is 2.28. The van der Waals surface area contributed by atoms with Gasteiger partial charge >= 0.3 is 0 Å². The van der Waals surface area contributed by atoms with Crippen LogP contribution in [0.25, 0.3) is 0 Å². The number of hydrogen-bond donors (Lipinski definition) is 1. The highest BCUT2D eigenvalue weighted by atomic mass is 32.2. The van der Waals surface area contributed by atoms with Crippen LogP contribution in [0.5, 0.6) is 0 Å². The minimum atomic E-state index is -2.79. The molecule has 2 unspecified atom stereocenters. The standard InChI is InChI=1S/C14H21NO2S2/c1-11(15-13-7-8-19(16,17)10-13)9-12-5-3-4-6-14(12)18-2/h3-6,11,13,15H,7-10H2,1-2H3. The second-order valence-corrected chi connectivity index (χ2v) is 8.26. The van der Waals surface area contributed by atoms with E-state index >= 15 is 0 Å². The molecule has 0 aromatic heterocycles. The summed E-state index contributed by atoms with van der Waals surface area (Å²) in [5.74, 6) is 0.625. The topological polar surface area (TPSA) is 46.2 Å². The fourth-order valence-electron chi connectivity index (χ4n) is 2.59. The van der Waals surface area contributed by atoms with Crippen molar-refractivity contribution in [3.63, 3.8) is 0 Å². The molecule has 0 radical (unpaired) electrons. The molecular formula is C14H21NO2S2. The molecule has 1 heterocycles. The summed E-state index contributed by atoms with van der Waals surface area (Å²) in [4.78, 5) is 1.30. The summed E-state index contributed by atoms with van der Waals surface area (Å²) >= 11 is 1.76. The van der Waals surface area contributed by atoms with Crippen molar-refractivity contribution in [2.24, 2.45) is 0 Å². The van der Waals surface area contributed by atoms with Crippen molar-refractivity contribution in [3.8, 4) is 0 Å². The first-order valence-corrected chi connectivity index (χ1v) is 9.63. The van der Waals surface area contributed by atoms with E-state index in [1.54, 1.807) is 11.8 Å². The first-order valence-electron chi connectivity index (χ1n) is 6.58. The van der Waals surface area contributed by atoms with Gasteiger partial charge in [-0.1, -0.05) is 18.2 Å². The Morgan fingerprint density at radius 3 is 2.79 bits per heavy atom. The number of benzene rings is 1. The number of hydrogen-bond acceptors (Lipinski definition) is 4. The van der Waals surface area contributed by atoms with Gasteiger partial charge in [0, 0.05) is 17.0 Å². The summed E-state index contributed by atoms with van der Waals surface area (Å²) in [6, 6.07) is 8.81. The van der Waals surface area contributed by atoms with Crippen molar-refractivity contribution in [2.75, 3.05) is 17.8 Å². The van der Waals surface area contributed by atoms with E-state index in [2.05, 4.69) is 42.8 Å². The lowest BCUT2D eigenvalue weighted by Gasteiger charge is -2.19. The van der Waals surface area contributed by atoms with Gasteiger partial charge in [-0.25, -0.2) is 8.42 Å². The van der Waals surface area contributed by atoms with Crippen molar-refractivity contribution in [1.29, 1.82) is 0 Å². The second-order valence-electron chi connectivity index (χ2n) is 5.18. The highest BCUT2D eigenvalue weighted by molar-refractivity contribution is 7.98. The van der Waals surface area contributed by atoms with Crippen LogP contribution in [0.15, 0.2) is 29.2 Å². The van der Waals surface area contributed by atoms with E-state index in [4.69, 9.17) is 0 Å². The van der Waals surface area contributed by atoms with Crippen LogP contribution in [0.2, 0.25) is 0 Å². The number of sulfone groups is 1. The fourth-order valence-corrected chi connectivity index (χ4v) is 4.90. The SMILES string of the molecule is CSc1ccccc1CC(C)NC1CCS(=O)(=O)C1. The molecule has 3 nitrogen and oxygen atoms in total. The molecule has 5 heteroatoms. The molecule has 0 aliphatic carbocycles. The molecule has 1 aliphatic rings.